The maximum Gasteiger partial charge on any atom is 0.263 e. The highest BCUT2D eigenvalue weighted by atomic mass is 35.5. The number of aryl methyl sites for hydroxylation is 1. The van der Waals surface area contributed by atoms with Gasteiger partial charge < -0.3 is 9.64 Å². The molecule has 1 amide bonds. The summed E-state index contributed by atoms with van der Waals surface area (Å²) in [6, 6.07) is 18.6. The van der Waals surface area contributed by atoms with Crippen LogP contribution in [0.4, 0.5) is 5.69 Å². The number of rotatable bonds is 7. The zero-order valence-electron chi connectivity index (χ0n) is 17.4. The monoisotopic (exact) mass is 458 g/mol. The van der Waals surface area contributed by atoms with Gasteiger partial charge in [-0.25, -0.2) is 8.42 Å². The third-order valence-corrected chi connectivity index (χ3v) is 6.55. The highest BCUT2D eigenvalue weighted by Gasteiger charge is 2.22. The molecule has 31 heavy (non-hydrogen) atoms. The predicted octanol–water partition coefficient (Wildman–Crippen LogP) is 4.73. The van der Waals surface area contributed by atoms with Crippen molar-refractivity contribution in [3.05, 3.63) is 88.4 Å². The van der Waals surface area contributed by atoms with Gasteiger partial charge in [-0.15, -0.1) is 0 Å². The number of benzene rings is 3. The van der Waals surface area contributed by atoms with Gasteiger partial charge in [0.1, 0.15) is 10.6 Å². The quantitative estimate of drug-likeness (QED) is 0.555. The van der Waals surface area contributed by atoms with Gasteiger partial charge in [0.25, 0.3) is 15.9 Å². The van der Waals surface area contributed by atoms with Crippen LogP contribution >= 0.6 is 11.6 Å². The first-order chi connectivity index (χ1) is 14.7. The lowest BCUT2D eigenvalue weighted by atomic mass is 10.1. The number of halogens is 1. The van der Waals surface area contributed by atoms with Crippen LogP contribution < -0.4 is 9.46 Å². The van der Waals surface area contributed by atoms with Gasteiger partial charge in [-0.3, -0.25) is 9.52 Å². The molecule has 6 nitrogen and oxygen atoms in total. The van der Waals surface area contributed by atoms with E-state index in [9.17, 15) is 13.2 Å². The van der Waals surface area contributed by atoms with E-state index in [4.69, 9.17) is 16.3 Å². The molecule has 0 aromatic heterocycles. The summed E-state index contributed by atoms with van der Waals surface area (Å²) in [5.74, 6) is 0.332. The lowest BCUT2D eigenvalue weighted by molar-refractivity contribution is 0.0784. The van der Waals surface area contributed by atoms with Crippen molar-refractivity contribution >= 4 is 33.2 Å². The van der Waals surface area contributed by atoms with E-state index in [-0.39, 0.29) is 21.4 Å². The number of ether oxygens (including phenoxy) is 1. The molecule has 0 unspecified atom stereocenters. The molecule has 0 atom stereocenters. The van der Waals surface area contributed by atoms with Crippen LogP contribution in [0.1, 0.15) is 21.5 Å². The van der Waals surface area contributed by atoms with Crippen molar-refractivity contribution in [2.24, 2.45) is 0 Å². The fourth-order valence-corrected chi connectivity index (χ4v) is 4.72. The van der Waals surface area contributed by atoms with Crippen LogP contribution in [0.15, 0.2) is 71.6 Å². The topological polar surface area (TPSA) is 75.7 Å². The summed E-state index contributed by atoms with van der Waals surface area (Å²) in [4.78, 5) is 14.3. The molecular formula is C23H23ClN2O4S. The molecule has 0 spiro atoms. The van der Waals surface area contributed by atoms with Crippen LogP contribution in [0, 0.1) is 6.92 Å². The van der Waals surface area contributed by atoms with Crippen molar-refractivity contribution in [3.8, 4) is 5.75 Å². The van der Waals surface area contributed by atoms with Gasteiger partial charge >= 0.3 is 0 Å². The van der Waals surface area contributed by atoms with Crippen LogP contribution in [0.3, 0.4) is 0 Å². The van der Waals surface area contributed by atoms with Crippen LogP contribution in [-0.2, 0) is 16.6 Å². The number of nitrogens with zero attached hydrogens (tertiary/aromatic N) is 1. The third-order valence-electron chi connectivity index (χ3n) is 4.68. The van der Waals surface area contributed by atoms with Crippen molar-refractivity contribution in [2.45, 2.75) is 18.4 Å². The lowest BCUT2D eigenvalue weighted by Gasteiger charge is -2.19. The molecule has 162 valence electrons. The zero-order valence-corrected chi connectivity index (χ0v) is 19.0. The predicted molar refractivity (Wildman–Crippen MR) is 122 cm³/mol. The molecule has 0 fully saturated rings. The molecule has 0 aliphatic heterocycles. The first-order valence-corrected chi connectivity index (χ1v) is 11.3. The van der Waals surface area contributed by atoms with Crippen molar-refractivity contribution in [1.82, 2.24) is 4.90 Å². The minimum Gasteiger partial charge on any atom is -0.496 e. The van der Waals surface area contributed by atoms with Gasteiger partial charge in [-0.05, 0) is 48.9 Å². The highest BCUT2D eigenvalue weighted by Crippen LogP contribution is 2.26. The highest BCUT2D eigenvalue weighted by molar-refractivity contribution is 7.92. The summed E-state index contributed by atoms with van der Waals surface area (Å²) in [6.07, 6.45) is 0. The molecule has 3 rings (SSSR count). The van der Waals surface area contributed by atoms with Gasteiger partial charge in [0, 0.05) is 30.4 Å². The van der Waals surface area contributed by atoms with E-state index < -0.39 is 10.0 Å². The summed E-state index contributed by atoms with van der Waals surface area (Å²) in [7, 11) is -0.776. The van der Waals surface area contributed by atoms with Crippen molar-refractivity contribution in [2.75, 3.05) is 18.9 Å². The molecule has 0 radical (unpaired) electrons. The molecule has 8 heteroatoms. The Bertz CT molecular complexity index is 1210. The molecule has 0 aliphatic rings. The first kappa shape index (κ1) is 22.7. The second-order valence-electron chi connectivity index (χ2n) is 7.09. The number of carbonyl (C=O) groups is 1. The molecule has 0 aliphatic carbocycles. The Morgan fingerprint density at radius 2 is 1.81 bits per heavy atom. The number of hydrogen-bond acceptors (Lipinski definition) is 4. The Hall–Kier alpha value is -3.03. The molecule has 0 bridgehead atoms. The molecule has 1 N–H and O–H groups in total. The van der Waals surface area contributed by atoms with Gasteiger partial charge in [-0.2, -0.15) is 0 Å². The van der Waals surface area contributed by atoms with Crippen molar-refractivity contribution < 1.29 is 17.9 Å². The Labute approximate surface area is 187 Å². The Kier molecular flexibility index (Phi) is 6.87. The van der Waals surface area contributed by atoms with E-state index in [1.54, 1.807) is 32.4 Å². The lowest BCUT2D eigenvalue weighted by Crippen LogP contribution is -2.26. The fraction of sp³-hybridized carbons (Fsp3) is 0.174. The number of anilines is 1. The number of para-hydroxylation sites is 1. The Morgan fingerprint density at radius 3 is 2.52 bits per heavy atom. The van der Waals surface area contributed by atoms with Gasteiger partial charge in [0.2, 0.25) is 0 Å². The average Bonchev–Trinajstić information content (AvgIpc) is 2.73. The van der Waals surface area contributed by atoms with Crippen LogP contribution in [0.2, 0.25) is 5.02 Å². The third kappa shape index (κ3) is 5.37. The number of sulfonamides is 1. The van der Waals surface area contributed by atoms with Crippen LogP contribution in [0.25, 0.3) is 0 Å². The van der Waals surface area contributed by atoms with E-state index in [2.05, 4.69) is 4.72 Å². The van der Waals surface area contributed by atoms with E-state index in [1.165, 1.54) is 23.1 Å². The standard InChI is InChI=1S/C23H23ClN2O4S/c1-16-7-6-9-19(13-16)25-31(28,29)22-14-17(11-12-20(22)24)23(27)26(2)15-18-8-4-5-10-21(18)30-3/h4-14,25H,15H2,1-3H3. The number of hydrogen-bond donors (Lipinski definition) is 1. The van der Waals surface area contributed by atoms with E-state index in [1.807, 2.05) is 37.3 Å². The van der Waals surface area contributed by atoms with Gasteiger partial charge in [-0.1, -0.05) is 41.9 Å². The molecule has 0 saturated carbocycles. The minimum absolute atomic E-state index is 0.0316. The van der Waals surface area contributed by atoms with E-state index in [0.29, 0.717) is 18.0 Å². The second-order valence-corrected chi connectivity index (χ2v) is 9.15. The normalized spacial score (nSPS) is 11.1. The summed E-state index contributed by atoms with van der Waals surface area (Å²) in [5, 5.41) is 0.0316. The van der Waals surface area contributed by atoms with Gasteiger partial charge in [0.05, 0.1) is 12.1 Å². The van der Waals surface area contributed by atoms with Crippen molar-refractivity contribution in [1.29, 1.82) is 0 Å². The van der Waals surface area contributed by atoms with Gasteiger partial charge in [0.15, 0.2) is 0 Å². The van der Waals surface area contributed by atoms with E-state index in [0.717, 1.165) is 11.1 Å². The minimum atomic E-state index is -3.98. The Morgan fingerprint density at radius 1 is 1.06 bits per heavy atom. The SMILES string of the molecule is COc1ccccc1CN(C)C(=O)c1ccc(Cl)c(S(=O)(=O)Nc2cccc(C)c2)c1. The molecule has 3 aromatic carbocycles. The summed E-state index contributed by atoms with van der Waals surface area (Å²) < 4.78 is 33.7. The maximum absolute atomic E-state index is 13.0. The Balaban J connectivity index is 1.86. The molecule has 0 saturated heterocycles. The van der Waals surface area contributed by atoms with E-state index >= 15 is 0 Å². The molecule has 0 heterocycles. The maximum atomic E-state index is 13.0. The smallest absolute Gasteiger partial charge is 0.263 e. The zero-order chi connectivity index (χ0) is 22.6. The largest absolute Gasteiger partial charge is 0.496 e. The summed E-state index contributed by atoms with van der Waals surface area (Å²) in [5.41, 5.74) is 2.38. The van der Waals surface area contributed by atoms with Crippen LogP contribution in [0.5, 0.6) is 5.75 Å². The average molecular weight is 459 g/mol. The molecular weight excluding hydrogens is 436 g/mol. The molecule has 3 aromatic rings. The second kappa shape index (κ2) is 9.41. The van der Waals surface area contributed by atoms with Crippen LogP contribution in [-0.4, -0.2) is 33.4 Å². The number of methoxy groups -OCH3 is 1. The fourth-order valence-electron chi connectivity index (χ4n) is 3.14. The number of nitrogens with one attached hydrogen (secondary N) is 1. The number of carbonyl (C=O) groups excluding carboxylic acids is 1. The first-order valence-electron chi connectivity index (χ1n) is 9.47. The van der Waals surface area contributed by atoms with Crippen molar-refractivity contribution in [3.63, 3.8) is 0 Å². The summed E-state index contributed by atoms with van der Waals surface area (Å²) in [6.45, 7) is 2.16. The summed E-state index contributed by atoms with van der Waals surface area (Å²) >= 11 is 6.17. The number of amides is 1.